The van der Waals surface area contributed by atoms with Gasteiger partial charge in [0.2, 0.25) is 16.0 Å². The molecule has 168 valence electrons. The molecular formula is C20H24N8O3S. The molecule has 0 unspecified atom stereocenters. The summed E-state index contributed by atoms with van der Waals surface area (Å²) in [7, 11) is 0.963. The Morgan fingerprint density at radius 1 is 1.16 bits per heavy atom. The van der Waals surface area contributed by atoms with Crippen LogP contribution >= 0.6 is 0 Å². The van der Waals surface area contributed by atoms with Crippen LogP contribution in [0.15, 0.2) is 41.7 Å². The molecule has 0 aliphatic carbocycles. The highest BCUT2D eigenvalue weighted by Gasteiger charge is 2.27. The number of benzene rings is 1. The summed E-state index contributed by atoms with van der Waals surface area (Å²) in [5.41, 5.74) is 2.06. The van der Waals surface area contributed by atoms with Gasteiger partial charge in [-0.1, -0.05) is 0 Å². The molecule has 0 bridgehead atoms. The van der Waals surface area contributed by atoms with Gasteiger partial charge in [0, 0.05) is 33.4 Å². The van der Waals surface area contributed by atoms with Crippen molar-refractivity contribution in [3.8, 4) is 0 Å². The van der Waals surface area contributed by atoms with E-state index in [9.17, 15) is 13.2 Å². The van der Waals surface area contributed by atoms with Crippen molar-refractivity contribution in [3.05, 3.63) is 42.4 Å². The van der Waals surface area contributed by atoms with Crippen LogP contribution in [0.25, 0.3) is 0 Å². The number of hydrogen-bond acceptors (Lipinski definition) is 8. The molecule has 1 aromatic carbocycles. The van der Waals surface area contributed by atoms with Crippen LogP contribution in [-0.2, 0) is 10.0 Å². The quantitative estimate of drug-likeness (QED) is 0.600. The molecule has 0 saturated carbocycles. The molecule has 3 aromatic rings. The monoisotopic (exact) mass is 456 g/mol. The maximum absolute atomic E-state index is 13.0. The lowest BCUT2D eigenvalue weighted by molar-refractivity contribution is 0.102. The molecule has 4 rings (SSSR count). The number of sulfonamides is 1. The van der Waals surface area contributed by atoms with Gasteiger partial charge in [-0.05, 0) is 32.0 Å². The predicted octanol–water partition coefficient (Wildman–Crippen LogP) is 2.58. The molecule has 12 heteroatoms. The Morgan fingerprint density at radius 2 is 1.91 bits per heavy atom. The highest BCUT2D eigenvalue weighted by molar-refractivity contribution is 7.89. The average Bonchev–Trinajstić information content (AvgIpc) is 3.18. The molecule has 32 heavy (non-hydrogen) atoms. The van der Waals surface area contributed by atoms with Crippen molar-refractivity contribution < 1.29 is 13.2 Å². The first-order valence-corrected chi connectivity index (χ1v) is 11.3. The molecule has 1 amide bonds. The number of carbonyl (C=O) groups is 1. The first kappa shape index (κ1) is 21.7. The number of hydrogen-bond donors (Lipinski definition) is 2. The summed E-state index contributed by atoms with van der Waals surface area (Å²) in [6.07, 6.45) is 5.10. The summed E-state index contributed by atoms with van der Waals surface area (Å²) < 4.78 is 27.9. The molecule has 3 heterocycles. The molecular weight excluding hydrogens is 432 g/mol. The molecule has 0 fully saturated rings. The zero-order valence-corrected chi connectivity index (χ0v) is 19.2. The second-order valence-electron chi connectivity index (χ2n) is 7.83. The lowest BCUT2D eigenvalue weighted by Crippen LogP contribution is -2.23. The number of aromatic nitrogens is 4. The average molecular weight is 457 g/mol. The predicted molar refractivity (Wildman–Crippen MR) is 121 cm³/mol. The number of amides is 1. The van der Waals surface area contributed by atoms with Crippen molar-refractivity contribution in [2.45, 2.75) is 24.8 Å². The largest absolute Gasteiger partial charge is 0.340 e. The SMILES string of the molecule is CC(C)n1cc(Nc2ncc3c(n2)NC(=O)c2cc(S(=O)(=O)N(C)C)ccc2N3C)cn1. The third-order valence-corrected chi connectivity index (χ3v) is 6.91. The first-order chi connectivity index (χ1) is 15.1. The molecule has 1 aliphatic heterocycles. The summed E-state index contributed by atoms with van der Waals surface area (Å²) in [5, 5.41) is 10.1. The Balaban J connectivity index is 1.68. The van der Waals surface area contributed by atoms with Gasteiger partial charge in [0.25, 0.3) is 5.91 Å². The molecule has 0 radical (unpaired) electrons. The van der Waals surface area contributed by atoms with Crippen molar-refractivity contribution in [2.24, 2.45) is 0 Å². The van der Waals surface area contributed by atoms with E-state index in [-0.39, 0.29) is 16.5 Å². The van der Waals surface area contributed by atoms with Crippen LogP contribution in [0.4, 0.5) is 28.8 Å². The van der Waals surface area contributed by atoms with Crippen molar-refractivity contribution in [2.75, 3.05) is 36.7 Å². The van der Waals surface area contributed by atoms with Gasteiger partial charge in [0.15, 0.2) is 5.82 Å². The van der Waals surface area contributed by atoms with Gasteiger partial charge >= 0.3 is 0 Å². The minimum Gasteiger partial charge on any atom is -0.340 e. The Morgan fingerprint density at radius 3 is 2.56 bits per heavy atom. The molecule has 0 atom stereocenters. The molecule has 0 spiro atoms. The van der Waals surface area contributed by atoms with Crippen LogP contribution in [0.5, 0.6) is 0 Å². The number of carbonyl (C=O) groups excluding carboxylic acids is 1. The van der Waals surface area contributed by atoms with Gasteiger partial charge in [-0.15, -0.1) is 0 Å². The topological polar surface area (TPSA) is 125 Å². The lowest BCUT2D eigenvalue weighted by Gasteiger charge is -2.21. The molecule has 2 N–H and O–H groups in total. The third-order valence-electron chi connectivity index (χ3n) is 5.10. The summed E-state index contributed by atoms with van der Waals surface area (Å²) >= 11 is 0. The zero-order valence-electron chi connectivity index (χ0n) is 18.4. The highest BCUT2D eigenvalue weighted by atomic mass is 32.2. The van der Waals surface area contributed by atoms with E-state index in [0.29, 0.717) is 28.8 Å². The zero-order chi connectivity index (χ0) is 23.2. The van der Waals surface area contributed by atoms with Crippen LogP contribution in [-0.4, -0.2) is 59.5 Å². The highest BCUT2D eigenvalue weighted by Crippen LogP contribution is 2.37. The fourth-order valence-corrected chi connectivity index (χ4v) is 4.18. The van der Waals surface area contributed by atoms with Crippen molar-refractivity contribution in [1.29, 1.82) is 0 Å². The second-order valence-corrected chi connectivity index (χ2v) is 9.99. The smallest absolute Gasteiger partial charge is 0.259 e. The summed E-state index contributed by atoms with van der Waals surface area (Å²) in [6, 6.07) is 4.67. The Bertz CT molecular complexity index is 1300. The van der Waals surface area contributed by atoms with Gasteiger partial charge in [-0.2, -0.15) is 10.1 Å². The van der Waals surface area contributed by atoms with E-state index in [4.69, 9.17) is 0 Å². The maximum atomic E-state index is 13.0. The molecule has 2 aromatic heterocycles. The van der Waals surface area contributed by atoms with E-state index in [1.165, 1.54) is 26.2 Å². The fraction of sp³-hybridized carbons (Fsp3) is 0.300. The minimum atomic E-state index is -3.69. The van der Waals surface area contributed by atoms with Crippen LogP contribution in [0, 0.1) is 0 Å². The number of nitrogens with one attached hydrogen (secondary N) is 2. The number of fused-ring (bicyclic) bond motifs is 2. The van der Waals surface area contributed by atoms with Crippen molar-refractivity contribution >= 4 is 44.8 Å². The van der Waals surface area contributed by atoms with Gasteiger partial charge in [0.1, 0.15) is 5.69 Å². The molecule has 0 saturated heterocycles. The van der Waals surface area contributed by atoms with Crippen LogP contribution in [0.1, 0.15) is 30.2 Å². The van der Waals surface area contributed by atoms with Crippen LogP contribution in [0.3, 0.4) is 0 Å². The summed E-state index contributed by atoms with van der Waals surface area (Å²) in [5.74, 6) is 0.140. The van der Waals surface area contributed by atoms with E-state index in [2.05, 4.69) is 25.7 Å². The van der Waals surface area contributed by atoms with Crippen LogP contribution < -0.4 is 15.5 Å². The lowest BCUT2D eigenvalue weighted by atomic mass is 10.1. The summed E-state index contributed by atoms with van der Waals surface area (Å²) in [4.78, 5) is 23.6. The van der Waals surface area contributed by atoms with Crippen molar-refractivity contribution in [1.82, 2.24) is 24.1 Å². The van der Waals surface area contributed by atoms with Crippen LogP contribution in [0.2, 0.25) is 0 Å². The van der Waals surface area contributed by atoms with E-state index in [1.807, 2.05) is 20.0 Å². The fourth-order valence-electron chi connectivity index (χ4n) is 3.25. The standard InChI is InChI=1S/C20H24N8O3S/c1-12(2)28-11-13(9-22-28)23-20-21-10-17-18(25-20)24-19(29)15-8-14(32(30,31)26(3)4)6-7-16(15)27(17)5/h6-12H,1-5H3,(H2,21,23,24,25,29). The Labute approximate surface area is 186 Å². The number of anilines is 5. The molecule has 1 aliphatic rings. The van der Waals surface area contributed by atoms with Gasteiger partial charge in [0.05, 0.1) is 34.2 Å². The van der Waals surface area contributed by atoms with E-state index in [0.717, 1.165) is 4.31 Å². The Kier molecular flexibility index (Phi) is 5.34. The number of nitrogens with zero attached hydrogens (tertiary/aromatic N) is 6. The van der Waals surface area contributed by atoms with Gasteiger partial charge in [-0.25, -0.2) is 17.7 Å². The van der Waals surface area contributed by atoms with E-state index in [1.54, 1.807) is 35.1 Å². The van der Waals surface area contributed by atoms with Gasteiger partial charge in [-0.3, -0.25) is 9.48 Å². The second kappa shape index (κ2) is 7.88. The van der Waals surface area contributed by atoms with Gasteiger partial charge < -0.3 is 15.5 Å². The maximum Gasteiger partial charge on any atom is 0.259 e. The third kappa shape index (κ3) is 3.78. The van der Waals surface area contributed by atoms with Crippen molar-refractivity contribution in [3.63, 3.8) is 0 Å². The van der Waals surface area contributed by atoms with E-state index >= 15 is 0 Å². The number of rotatable bonds is 5. The minimum absolute atomic E-state index is 0.0337. The molecule has 11 nitrogen and oxygen atoms in total. The Hall–Kier alpha value is -3.51. The normalized spacial score (nSPS) is 13.6. The summed E-state index contributed by atoms with van der Waals surface area (Å²) in [6.45, 7) is 4.04. The van der Waals surface area contributed by atoms with E-state index < -0.39 is 15.9 Å². The first-order valence-electron chi connectivity index (χ1n) is 9.88.